The average Bonchev–Trinajstić information content (AvgIpc) is 3.28. The summed E-state index contributed by atoms with van der Waals surface area (Å²) < 4.78 is 7.71. The third-order valence-electron chi connectivity index (χ3n) is 5.51. The lowest BCUT2D eigenvalue weighted by Crippen LogP contribution is -2.29. The Balaban J connectivity index is 1.48. The van der Waals surface area contributed by atoms with E-state index < -0.39 is 0 Å². The van der Waals surface area contributed by atoms with E-state index in [9.17, 15) is 4.79 Å². The van der Waals surface area contributed by atoms with Crippen LogP contribution in [0.1, 0.15) is 40.6 Å². The maximum Gasteiger partial charge on any atom is 0.274 e. The van der Waals surface area contributed by atoms with Gasteiger partial charge in [0.2, 0.25) is 0 Å². The minimum atomic E-state index is -0.000626. The van der Waals surface area contributed by atoms with E-state index in [1.54, 1.807) is 4.68 Å². The number of carbonyl (C=O) groups excluding carboxylic acids is 1. The van der Waals surface area contributed by atoms with Crippen LogP contribution in [0.4, 0.5) is 0 Å². The number of likely N-dealkylation sites (tertiary alicyclic amines) is 1. The van der Waals surface area contributed by atoms with Crippen molar-refractivity contribution in [3.63, 3.8) is 0 Å². The standard InChI is InChI=1S/C20H26N4O2/c1-14-9-19(22-23(14)2)20(25)24-10-16(13-26-12-15-6-7-15)17(11-24)18-5-3-4-8-21-18/h3-5,8-9,15-17H,6-7,10-13H2,1-2H3. The summed E-state index contributed by atoms with van der Waals surface area (Å²) in [5, 5.41) is 4.35. The molecule has 2 fully saturated rings. The van der Waals surface area contributed by atoms with Crippen LogP contribution in [0.2, 0.25) is 0 Å². The first-order valence-electron chi connectivity index (χ1n) is 9.40. The van der Waals surface area contributed by atoms with Crippen LogP contribution in [0.5, 0.6) is 0 Å². The Kier molecular flexibility index (Phi) is 4.76. The molecule has 0 radical (unpaired) electrons. The highest BCUT2D eigenvalue weighted by molar-refractivity contribution is 5.92. The summed E-state index contributed by atoms with van der Waals surface area (Å²) in [5.74, 6) is 1.24. The molecule has 6 nitrogen and oxygen atoms in total. The van der Waals surface area contributed by atoms with Crippen LogP contribution in [-0.4, -0.2) is 51.9 Å². The van der Waals surface area contributed by atoms with Gasteiger partial charge in [-0.2, -0.15) is 5.10 Å². The Labute approximate surface area is 154 Å². The van der Waals surface area contributed by atoms with E-state index in [0.29, 0.717) is 25.4 Å². The van der Waals surface area contributed by atoms with Gasteiger partial charge < -0.3 is 9.64 Å². The Morgan fingerprint density at radius 2 is 2.12 bits per heavy atom. The zero-order valence-electron chi connectivity index (χ0n) is 15.5. The Morgan fingerprint density at radius 3 is 2.77 bits per heavy atom. The molecule has 138 valence electrons. The number of aryl methyl sites for hydroxylation is 2. The molecule has 3 heterocycles. The molecule has 4 rings (SSSR count). The molecule has 1 saturated heterocycles. The molecule has 2 atom stereocenters. The summed E-state index contributed by atoms with van der Waals surface area (Å²) in [7, 11) is 1.86. The first kappa shape index (κ1) is 17.2. The van der Waals surface area contributed by atoms with Crippen molar-refractivity contribution in [2.45, 2.75) is 25.7 Å². The lowest BCUT2D eigenvalue weighted by atomic mass is 9.93. The number of hydrogen-bond donors (Lipinski definition) is 0. The van der Waals surface area contributed by atoms with Crippen LogP contribution in [0.3, 0.4) is 0 Å². The molecule has 1 amide bonds. The van der Waals surface area contributed by atoms with Crippen molar-refractivity contribution in [3.05, 3.63) is 47.5 Å². The van der Waals surface area contributed by atoms with Crippen LogP contribution in [0.25, 0.3) is 0 Å². The second-order valence-electron chi connectivity index (χ2n) is 7.61. The number of amides is 1. The average molecular weight is 354 g/mol. The third kappa shape index (κ3) is 3.65. The molecule has 1 aliphatic carbocycles. The Hall–Kier alpha value is -2.21. The smallest absolute Gasteiger partial charge is 0.274 e. The molecule has 0 bridgehead atoms. The van der Waals surface area contributed by atoms with Gasteiger partial charge >= 0.3 is 0 Å². The highest BCUT2D eigenvalue weighted by Crippen LogP contribution is 2.34. The van der Waals surface area contributed by atoms with E-state index in [-0.39, 0.29) is 17.7 Å². The minimum Gasteiger partial charge on any atom is -0.381 e. The first-order chi connectivity index (χ1) is 12.6. The van der Waals surface area contributed by atoms with Crippen molar-refractivity contribution >= 4 is 5.91 Å². The van der Waals surface area contributed by atoms with Gasteiger partial charge in [0.05, 0.1) is 6.61 Å². The largest absolute Gasteiger partial charge is 0.381 e. The topological polar surface area (TPSA) is 60.3 Å². The van der Waals surface area contributed by atoms with Gasteiger partial charge in [-0.15, -0.1) is 0 Å². The highest BCUT2D eigenvalue weighted by Gasteiger charge is 2.38. The second-order valence-corrected chi connectivity index (χ2v) is 7.61. The fraction of sp³-hybridized carbons (Fsp3) is 0.550. The summed E-state index contributed by atoms with van der Waals surface area (Å²) >= 11 is 0. The van der Waals surface area contributed by atoms with Crippen molar-refractivity contribution < 1.29 is 9.53 Å². The van der Waals surface area contributed by atoms with Gasteiger partial charge in [0.15, 0.2) is 5.69 Å². The molecule has 0 spiro atoms. The number of aromatic nitrogens is 3. The summed E-state index contributed by atoms with van der Waals surface area (Å²) in [6, 6.07) is 7.85. The molecule has 6 heteroatoms. The third-order valence-corrected chi connectivity index (χ3v) is 5.51. The fourth-order valence-electron chi connectivity index (χ4n) is 3.63. The molecular weight excluding hydrogens is 328 g/mol. The minimum absolute atomic E-state index is 0.000626. The zero-order chi connectivity index (χ0) is 18.1. The predicted octanol–water partition coefficient (Wildman–Crippen LogP) is 2.41. The summed E-state index contributed by atoms with van der Waals surface area (Å²) in [5.41, 5.74) is 2.54. The monoisotopic (exact) mass is 354 g/mol. The van der Waals surface area contributed by atoms with Crippen molar-refractivity contribution in [1.82, 2.24) is 19.7 Å². The van der Waals surface area contributed by atoms with Crippen LogP contribution >= 0.6 is 0 Å². The molecule has 2 unspecified atom stereocenters. The quantitative estimate of drug-likeness (QED) is 0.799. The molecular formula is C20H26N4O2. The van der Waals surface area contributed by atoms with Crippen LogP contribution < -0.4 is 0 Å². The van der Waals surface area contributed by atoms with E-state index in [4.69, 9.17) is 4.74 Å². The van der Waals surface area contributed by atoms with Gasteiger partial charge in [0.25, 0.3) is 5.91 Å². The van der Waals surface area contributed by atoms with Gasteiger partial charge in [-0.1, -0.05) is 6.07 Å². The molecule has 0 N–H and O–H groups in total. The van der Waals surface area contributed by atoms with E-state index in [2.05, 4.69) is 16.1 Å². The lowest BCUT2D eigenvalue weighted by Gasteiger charge is -2.17. The van der Waals surface area contributed by atoms with Crippen LogP contribution in [0, 0.1) is 18.8 Å². The van der Waals surface area contributed by atoms with E-state index in [0.717, 1.165) is 23.9 Å². The number of nitrogens with zero attached hydrogens (tertiary/aromatic N) is 4. The first-order valence-corrected chi connectivity index (χ1v) is 9.40. The molecule has 2 aliphatic rings. The molecule has 26 heavy (non-hydrogen) atoms. The predicted molar refractivity (Wildman–Crippen MR) is 97.9 cm³/mol. The van der Waals surface area contributed by atoms with Crippen LogP contribution in [0.15, 0.2) is 30.5 Å². The Bertz CT molecular complexity index is 750. The number of rotatable bonds is 6. The van der Waals surface area contributed by atoms with Crippen molar-refractivity contribution in [1.29, 1.82) is 0 Å². The molecule has 0 aromatic carbocycles. The van der Waals surface area contributed by atoms with Gasteiger partial charge in [-0.05, 0) is 43.9 Å². The van der Waals surface area contributed by atoms with Gasteiger partial charge in [-0.3, -0.25) is 14.5 Å². The van der Waals surface area contributed by atoms with Gasteiger partial charge in [-0.25, -0.2) is 0 Å². The van der Waals surface area contributed by atoms with Crippen molar-refractivity contribution in [2.75, 3.05) is 26.3 Å². The molecule has 2 aromatic heterocycles. The molecule has 2 aromatic rings. The number of carbonyl (C=O) groups is 1. The SMILES string of the molecule is Cc1cc(C(=O)N2CC(COCC3CC3)C(c3ccccn3)C2)nn1C. The summed E-state index contributed by atoms with van der Waals surface area (Å²) in [6.07, 6.45) is 4.40. The Morgan fingerprint density at radius 1 is 1.27 bits per heavy atom. The maximum absolute atomic E-state index is 12.9. The van der Waals surface area contributed by atoms with E-state index >= 15 is 0 Å². The number of ether oxygens (including phenoxy) is 1. The van der Waals surface area contributed by atoms with E-state index in [1.807, 2.05) is 43.3 Å². The summed E-state index contributed by atoms with van der Waals surface area (Å²) in [4.78, 5) is 19.4. The zero-order valence-corrected chi connectivity index (χ0v) is 15.5. The molecule has 1 aliphatic heterocycles. The van der Waals surface area contributed by atoms with Crippen molar-refractivity contribution in [3.8, 4) is 0 Å². The van der Waals surface area contributed by atoms with Gasteiger partial charge in [0, 0.05) is 56.2 Å². The van der Waals surface area contributed by atoms with Gasteiger partial charge in [0.1, 0.15) is 0 Å². The fourth-order valence-corrected chi connectivity index (χ4v) is 3.63. The number of hydrogen-bond acceptors (Lipinski definition) is 4. The second kappa shape index (κ2) is 7.19. The maximum atomic E-state index is 12.9. The van der Waals surface area contributed by atoms with Crippen molar-refractivity contribution in [2.24, 2.45) is 18.9 Å². The normalized spacial score (nSPS) is 22.8. The lowest BCUT2D eigenvalue weighted by molar-refractivity contribution is 0.0734. The van der Waals surface area contributed by atoms with Crippen LogP contribution in [-0.2, 0) is 11.8 Å². The highest BCUT2D eigenvalue weighted by atomic mass is 16.5. The number of pyridine rings is 1. The van der Waals surface area contributed by atoms with E-state index in [1.165, 1.54) is 12.8 Å². The molecule has 1 saturated carbocycles. The summed E-state index contributed by atoms with van der Waals surface area (Å²) in [6.45, 7) is 4.85.